The molecule has 5 heterocycles. The number of aromatic amines is 1. The van der Waals surface area contributed by atoms with Crippen LogP contribution in [0.4, 0.5) is 15.9 Å². The van der Waals surface area contributed by atoms with Crippen molar-refractivity contribution in [3.05, 3.63) is 30.3 Å². The molecule has 4 bridgehead atoms. The van der Waals surface area contributed by atoms with Crippen molar-refractivity contribution in [1.82, 2.24) is 30.2 Å². The number of fused-ring (bicyclic) bond motifs is 13. The lowest BCUT2D eigenvalue weighted by molar-refractivity contribution is -0.118. The van der Waals surface area contributed by atoms with E-state index in [1.165, 1.54) is 36.3 Å². The molecule has 2 aliphatic rings. The number of ether oxygens (including phenoxy) is 1. The van der Waals surface area contributed by atoms with E-state index in [1.54, 1.807) is 7.05 Å². The molecule has 0 radical (unpaired) electrons. The van der Waals surface area contributed by atoms with Gasteiger partial charge >= 0.3 is 6.01 Å². The Labute approximate surface area is 192 Å². The van der Waals surface area contributed by atoms with Gasteiger partial charge in [0.05, 0.1) is 34.7 Å². The van der Waals surface area contributed by atoms with Crippen molar-refractivity contribution >= 4 is 51.1 Å². The van der Waals surface area contributed by atoms with Crippen LogP contribution in [0.15, 0.2) is 29.7 Å². The van der Waals surface area contributed by atoms with Gasteiger partial charge in [-0.3, -0.25) is 4.79 Å². The molecule has 33 heavy (non-hydrogen) atoms. The fraction of sp³-hybridized carbons (Fsp3) is 0.286. The summed E-state index contributed by atoms with van der Waals surface area (Å²) in [6, 6.07) is 2.98. The lowest BCUT2D eigenvalue weighted by atomic mass is 10.1. The number of hydrogen-bond donors (Lipinski definition) is 4. The summed E-state index contributed by atoms with van der Waals surface area (Å²) in [4.78, 5) is 32.8. The summed E-state index contributed by atoms with van der Waals surface area (Å²) in [5.74, 6) is 0.689. The third-order valence-electron chi connectivity index (χ3n) is 5.14. The van der Waals surface area contributed by atoms with Crippen LogP contribution in [0.2, 0.25) is 0 Å². The normalized spacial score (nSPS) is 15.0. The Kier molecular flexibility index (Phi) is 5.82. The summed E-state index contributed by atoms with van der Waals surface area (Å²) in [6.07, 6.45) is 4.60. The van der Waals surface area contributed by atoms with E-state index in [0.29, 0.717) is 51.9 Å². The fourth-order valence-electron chi connectivity index (χ4n) is 3.62. The Bertz CT molecular complexity index is 1330. The minimum absolute atomic E-state index is 0.0680. The minimum Gasteiger partial charge on any atom is -0.421 e. The van der Waals surface area contributed by atoms with Crippen LogP contribution in [-0.2, 0) is 4.79 Å². The molecule has 0 saturated carbocycles. The highest BCUT2D eigenvalue weighted by atomic mass is 32.2. The van der Waals surface area contributed by atoms with Crippen LogP contribution in [0, 0.1) is 5.82 Å². The number of rotatable bonds is 1. The van der Waals surface area contributed by atoms with Gasteiger partial charge in [-0.25, -0.2) is 14.4 Å². The summed E-state index contributed by atoms with van der Waals surface area (Å²) >= 11 is 1.25. The van der Waals surface area contributed by atoms with E-state index in [9.17, 15) is 9.18 Å². The van der Waals surface area contributed by atoms with Crippen molar-refractivity contribution in [1.29, 1.82) is 0 Å². The number of carbonyl (C=O) groups is 1. The zero-order valence-electron chi connectivity index (χ0n) is 17.7. The Balaban J connectivity index is 1.59. The first-order valence-corrected chi connectivity index (χ1v) is 11.4. The van der Waals surface area contributed by atoms with Crippen LogP contribution in [-0.4, -0.2) is 56.7 Å². The zero-order chi connectivity index (χ0) is 22.8. The van der Waals surface area contributed by atoms with Gasteiger partial charge in [0.1, 0.15) is 17.3 Å². The molecule has 12 heteroatoms. The maximum absolute atomic E-state index is 14.3. The maximum atomic E-state index is 14.3. The Morgan fingerprint density at radius 1 is 1.12 bits per heavy atom. The van der Waals surface area contributed by atoms with E-state index < -0.39 is 0 Å². The molecule has 10 nitrogen and oxygen atoms in total. The third-order valence-corrected chi connectivity index (χ3v) is 6.01. The standard InChI is InChI=1S/C21H21FN8O2S/c1-23-14-7-11(22)6-13-16-18-25-5-3-2-4-24-15(31)10-33-21-26-8-12(9-27-21)32-20(29-18)30-19(16)28-17(13)14/h6-9,23H,2-5,10H2,1H3,(H,24,31)(H2,25,28,29,30). The average molecular weight is 469 g/mol. The largest absolute Gasteiger partial charge is 0.421 e. The molecule has 0 fully saturated rings. The summed E-state index contributed by atoms with van der Waals surface area (Å²) in [7, 11) is 1.73. The summed E-state index contributed by atoms with van der Waals surface area (Å²) in [5.41, 5.74) is 1.85. The van der Waals surface area contributed by atoms with Crippen molar-refractivity contribution in [2.24, 2.45) is 0 Å². The van der Waals surface area contributed by atoms with E-state index in [1.807, 2.05) is 0 Å². The monoisotopic (exact) mass is 468 g/mol. The minimum atomic E-state index is -0.365. The van der Waals surface area contributed by atoms with E-state index in [-0.39, 0.29) is 23.5 Å². The van der Waals surface area contributed by atoms with Crippen LogP contribution < -0.4 is 20.7 Å². The number of anilines is 2. The van der Waals surface area contributed by atoms with Crippen molar-refractivity contribution in [2.45, 2.75) is 18.0 Å². The van der Waals surface area contributed by atoms with Gasteiger partial charge in [-0.2, -0.15) is 9.97 Å². The number of benzene rings is 1. The number of amides is 1. The number of hydrogen-bond acceptors (Lipinski definition) is 9. The first-order valence-electron chi connectivity index (χ1n) is 10.4. The summed E-state index contributed by atoms with van der Waals surface area (Å²) in [5, 5.41) is 11.0. The second kappa shape index (κ2) is 9.06. The molecule has 0 atom stereocenters. The molecule has 0 unspecified atom stereocenters. The molecule has 4 N–H and O–H groups in total. The van der Waals surface area contributed by atoms with Gasteiger partial charge in [0.2, 0.25) is 5.91 Å². The first kappa shape index (κ1) is 21.2. The molecule has 0 aliphatic carbocycles. The quantitative estimate of drug-likeness (QED) is 0.311. The number of thioether (sulfide) groups is 1. The lowest BCUT2D eigenvalue weighted by Crippen LogP contribution is -2.26. The number of halogens is 1. The predicted octanol–water partition coefficient (Wildman–Crippen LogP) is 3.29. The highest BCUT2D eigenvalue weighted by molar-refractivity contribution is 7.99. The lowest BCUT2D eigenvalue weighted by Gasteiger charge is -2.10. The molecule has 2 aliphatic heterocycles. The fourth-order valence-corrected chi connectivity index (χ4v) is 4.23. The van der Waals surface area contributed by atoms with Crippen LogP contribution in [0.1, 0.15) is 12.8 Å². The summed E-state index contributed by atoms with van der Waals surface area (Å²) in [6.45, 7) is 1.17. The highest BCUT2D eigenvalue weighted by Crippen LogP contribution is 2.35. The number of nitrogens with zero attached hydrogens (tertiary/aromatic N) is 4. The molecule has 0 spiro atoms. The second-order valence-corrected chi connectivity index (χ2v) is 8.35. The zero-order valence-corrected chi connectivity index (χ0v) is 18.6. The Morgan fingerprint density at radius 3 is 2.70 bits per heavy atom. The van der Waals surface area contributed by atoms with Crippen LogP contribution in [0.5, 0.6) is 11.8 Å². The van der Waals surface area contributed by atoms with Gasteiger partial charge in [-0.05, 0) is 25.0 Å². The van der Waals surface area contributed by atoms with Crippen molar-refractivity contribution < 1.29 is 13.9 Å². The van der Waals surface area contributed by atoms with Gasteiger partial charge in [0, 0.05) is 25.5 Å². The van der Waals surface area contributed by atoms with Gasteiger partial charge in [-0.15, -0.1) is 0 Å². The molecule has 1 aromatic carbocycles. The van der Waals surface area contributed by atoms with Crippen molar-refractivity contribution in [3.63, 3.8) is 0 Å². The van der Waals surface area contributed by atoms with Crippen LogP contribution >= 0.6 is 11.8 Å². The second-order valence-electron chi connectivity index (χ2n) is 7.41. The van der Waals surface area contributed by atoms with Crippen molar-refractivity contribution in [2.75, 3.05) is 36.5 Å². The first-order chi connectivity index (χ1) is 16.1. The molecule has 3 aromatic heterocycles. The van der Waals surface area contributed by atoms with Gasteiger partial charge < -0.3 is 25.7 Å². The molecule has 6 rings (SSSR count). The topological polar surface area (TPSA) is 130 Å². The molecule has 4 aromatic rings. The highest BCUT2D eigenvalue weighted by Gasteiger charge is 2.18. The van der Waals surface area contributed by atoms with Gasteiger partial charge in [-0.1, -0.05) is 11.8 Å². The Hall–Kier alpha value is -3.67. The third kappa shape index (κ3) is 4.46. The number of carbonyl (C=O) groups excluding carboxylic acids is 1. The number of aromatic nitrogens is 5. The van der Waals surface area contributed by atoms with E-state index in [0.717, 1.165) is 18.4 Å². The van der Waals surface area contributed by atoms with E-state index >= 15 is 0 Å². The molecule has 1 amide bonds. The number of H-pyrrole nitrogens is 1. The molecular formula is C21H21FN8O2S. The van der Waals surface area contributed by atoms with Gasteiger partial charge in [0.25, 0.3) is 0 Å². The SMILES string of the molecule is CNc1cc(F)cc2c1[nH]c1nc3nc(c12)NCCCCNC(=O)CSc1ncc(cn1)O3. The Morgan fingerprint density at radius 2 is 1.91 bits per heavy atom. The van der Waals surface area contributed by atoms with Crippen molar-refractivity contribution in [3.8, 4) is 11.8 Å². The van der Waals surface area contributed by atoms with Crippen LogP contribution in [0.25, 0.3) is 21.9 Å². The maximum Gasteiger partial charge on any atom is 0.326 e. The smallest absolute Gasteiger partial charge is 0.326 e. The van der Waals surface area contributed by atoms with E-state index in [4.69, 9.17) is 4.74 Å². The van der Waals surface area contributed by atoms with E-state index in [2.05, 4.69) is 40.9 Å². The van der Waals surface area contributed by atoms with Gasteiger partial charge in [0.15, 0.2) is 10.9 Å². The predicted molar refractivity (Wildman–Crippen MR) is 124 cm³/mol. The number of nitrogens with one attached hydrogen (secondary N) is 4. The average Bonchev–Trinajstić information content (AvgIpc) is 3.18. The molecule has 0 saturated heterocycles. The summed E-state index contributed by atoms with van der Waals surface area (Å²) < 4.78 is 20.1. The van der Waals surface area contributed by atoms with Crippen LogP contribution in [0.3, 0.4) is 0 Å². The molecular weight excluding hydrogens is 447 g/mol. The molecule has 170 valence electrons.